The summed E-state index contributed by atoms with van der Waals surface area (Å²) in [6.45, 7) is 3.79. The number of oxazole rings is 1. The number of rotatable bonds is 4. The second kappa shape index (κ2) is 7.58. The van der Waals surface area contributed by atoms with Crippen LogP contribution in [0.5, 0.6) is 0 Å². The summed E-state index contributed by atoms with van der Waals surface area (Å²) in [6.07, 6.45) is 2.09. The smallest absolute Gasteiger partial charge is 0.250 e. The van der Waals surface area contributed by atoms with Crippen molar-refractivity contribution in [1.82, 2.24) is 10.3 Å². The van der Waals surface area contributed by atoms with Crippen LogP contribution in [0.25, 0.3) is 11.1 Å². The second-order valence-corrected chi connectivity index (χ2v) is 5.22. The van der Waals surface area contributed by atoms with Crippen LogP contribution in [0.4, 0.5) is 5.69 Å². The minimum absolute atomic E-state index is 0. The van der Waals surface area contributed by atoms with Crippen LogP contribution >= 0.6 is 12.4 Å². The number of anilines is 1. The molecule has 3 rings (SSSR count). The lowest BCUT2D eigenvalue weighted by Crippen LogP contribution is -2.34. The molecule has 1 aliphatic rings. The summed E-state index contributed by atoms with van der Waals surface area (Å²) in [7, 11) is 0. The molecule has 1 amide bonds. The molecule has 0 aliphatic carbocycles. The Morgan fingerprint density at radius 2 is 2.23 bits per heavy atom. The predicted octanol–water partition coefficient (Wildman–Crippen LogP) is 2.27. The SMILES string of the molecule is Cc1nc2cc(NC(=O)COC3CCNCC3)ccc2o1.Cl. The number of ether oxygens (including phenoxy) is 1. The molecule has 0 atom stereocenters. The van der Waals surface area contributed by atoms with Crippen molar-refractivity contribution in [2.75, 3.05) is 25.0 Å². The van der Waals surface area contributed by atoms with E-state index < -0.39 is 0 Å². The first-order valence-electron chi connectivity index (χ1n) is 7.20. The Morgan fingerprint density at radius 3 is 3.00 bits per heavy atom. The highest BCUT2D eigenvalue weighted by Crippen LogP contribution is 2.19. The molecular formula is C15H20ClN3O3. The summed E-state index contributed by atoms with van der Waals surface area (Å²) in [6, 6.07) is 5.41. The van der Waals surface area contributed by atoms with E-state index in [9.17, 15) is 4.79 Å². The van der Waals surface area contributed by atoms with Gasteiger partial charge in [-0.1, -0.05) is 0 Å². The fourth-order valence-electron chi connectivity index (χ4n) is 2.47. The van der Waals surface area contributed by atoms with E-state index in [2.05, 4.69) is 15.6 Å². The van der Waals surface area contributed by atoms with Crippen molar-refractivity contribution in [2.45, 2.75) is 25.9 Å². The van der Waals surface area contributed by atoms with Crippen molar-refractivity contribution < 1.29 is 13.9 Å². The zero-order chi connectivity index (χ0) is 14.7. The van der Waals surface area contributed by atoms with Crippen molar-refractivity contribution >= 4 is 35.1 Å². The number of aromatic nitrogens is 1. The summed E-state index contributed by atoms with van der Waals surface area (Å²) >= 11 is 0. The average Bonchev–Trinajstić information content (AvgIpc) is 2.85. The molecule has 22 heavy (non-hydrogen) atoms. The molecule has 2 N–H and O–H groups in total. The minimum atomic E-state index is -0.145. The molecule has 0 bridgehead atoms. The third kappa shape index (κ3) is 4.19. The molecule has 0 unspecified atom stereocenters. The van der Waals surface area contributed by atoms with Gasteiger partial charge in [0.15, 0.2) is 11.5 Å². The molecule has 1 aromatic carbocycles. The van der Waals surface area contributed by atoms with E-state index in [-0.39, 0.29) is 31.0 Å². The first-order valence-corrected chi connectivity index (χ1v) is 7.20. The fraction of sp³-hybridized carbons (Fsp3) is 0.467. The van der Waals surface area contributed by atoms with Gasteiger partial charge in [0.2, 0.25) is 5.91 Å². The highest BCUT2D eigenvalue weighted by molar-refractivity contribution is 5.93. The number of hydrogen-bond acceptors (Lipinski definition) is 5. The number of fused-ring (bicyclic) bond motifs is 1. The fourth-order valence-corrected chi connectivity index (χ4v) is 2.47. The Morgan fingerprint density at radius 1 is 1.45 bits per heavy atom. The highest BCUT2D eigenvalue weighted by atomic mass is 35.5. The van der Waals surface area contributed by atoms with Gasteiger partial charge in [-0.25, -0.2) is 4.98 Å². The lowest BCUT2D eigenvalue weighted by Gasteiger charge is -2.22. The average molecular weight is 326 g/mol. The van der Waals surface area contributed by atoms with Crippen LogP contribution in [-0.4, -0.2) is 36.7 Å². The zero-order valence-electron chi connectivity index (χ0n) is 12.4. The molecule has 2 heterocycles. The summed E-state index contributed by atoms with van der Waals surface area (Å²) < 4.78 is 11.0. The lowest BCUT2D eigenvalue weighted by atomic mass is 10.1. The zero-order valence-corrected chi connectivity index (χ0v) is 13.2. The normalized spacial score (nSPS) is 15.5. The number of carbonyl (C=O) groups excluding carboxylic acids is 1. The maximum atomic E-state index is 11.9. The number of amides is 1. The second-order valence-electron chi connectivity index (χ2n) is 5.22. The molecule has 1 aromatic heterocycles. The molecule has 2 aromatic rings. The summed E-state index contributed by atoms with van der Waals surface area (Å²) in [5.74, 6) is 0.468. The maximum absolute atomic E-state index is 11.9. The Kier molecular flexibility index (Phi) is 5.76. The number of nitrogens with zero attached hydrogens (tertiary/aromatic N) is 1. The Bertz CT molecular complexity index is 638. The Balaban J connectivity index is 0.00000176. The van der Waals surface area contributed by atoms with Gasteiger partial charge in [-0.2, -0.15) is 0 Å². The standard InChI is InChI=1S/C15H19N3O3.ClH/c1-10-17-13-8-11(2-3-14(13)21-10)18-15(19)9-20-12-4-6-16-7-5-12;/h2-3,8,12,16H,4-7,9H2,1H3,(H,18,19);1H. The van der Waals surface area contributed by atoms with Crippen molar-refractivity contribution in [3.8, 4) is 0 Å². The number of hydrogen-bond donors (Lipinski definition) is 2. The van der Waals surface area contributed by atoms with Gasteiger partial charge < -0.3 is 19.8 Å². The largest absolute Gasteiger partial charge is 0.441 e. The highest BCUT2D eigenvalue weighted by Gasteiger charge is 2.15. The first kappa shape index (κ1) is 16.7. The Hall–Kier alpha value is -1.63. The Labute approximate surface area is 135 Å². The lowest BCUT2D eigenvalue weighted by molar-refractivity contribution is -0.123. The van der Waals surface area contributed by atoms with Crippen LogP contribution in [0.3, 0.4) is 0 Å². The van der Waals surface area contributed by atoms with E-state index in [4.69, 9.17) is 9.15 Å². The molecule has 0 spiro atoms. The van der Waals surface area contributed by atoms with Crippen molar-refractivity contribution in [2.24, 2.45) is 0 Å². The molecular weight excluding hydrogens is 306 g/mol. The molecule has 0 saturated carbocycles. The molecule has 120 valence electrons. The number of benzene rings is 1. The van der Waals surface area contributed by atoms with Crippen LogP contribution in [0, 0.1) is 6.92 Å². The van der Waals surface area contributed by atoms with Crippen LogP contribution in [0.15, 0.2) is 22.6 Å². The van der Waals surface area contributed by atoms with Crippen molar-refractivity contribution in [3.63, 3.8) is 0 Å². The number of aryl methyl sites for hydroxylation is 1. The van der Waals surface area contributed by atoms with Gasteiger partial charge in [-0.15, -0.1) is 12.4 Å². The van der Waals surface area contributed by atoms with Crippen LogP contribution in [-0.2, 0) is 9.53 Å². The van der Waals surface area contributed by atoms with Gasteiger partial charge in [-0.05, 0) is 44.1 Å². The van der Waals surface area contributed by atoms with E-state index in [1.54, 1.807) is 25.1 Å². The topological polar surface area (TPSA) is 76.4 Å². The predicted molar refractivity (Wildman–Crippen MR) is 86.5 cm³/mol. The number of piperidine rings is 1. The molecule has 1 aliphatic heterocycles. The van der Waals surface area contributed by atoms with Gasteiger partial charge in [0, 0.05) is 12.6 Å². The van der Waals surface area contributed by atoms with E-state index in [0.29, 0.717) is 11.6 Å². The van der Waals surface area contributed by atoms with Gasteiger partial charge in [0.25, 0.3) is 0 Å². The third-order valence-corrected chi connectivity index (χ3v) is 3.51. The van der Waals surface area contributed by atoms with E-state index in [1.807, 2.05) is 0 Å². The molecule has 7 heteroatoms. The summed E-state index contributed by atoms with van der Waals surface area (Å²) in [4.78, 5) is 16.1. The van der Waals surface area contributed by atoms with Crippen LogP contribution in [0.2, 0.25) is 0 Å². The molecule has 0 radical (unpaired) electrons. The molecule has 1 saturated heterocycles. The maximum Gasteiger partial charge on any atom is 0.250 e. The van der Waals surface area contributed by atoms with E-state index >= 15 is 0 Å². The van der Waals surface area contributed by atoms with Gasteiger partial charge in [0.05, 0.1) is 6.10 Å². The number of halogens is 1. The van der Waals surface area contributed by atoms with Gasteiger partial charge in [0.1, 0.15) is 12.1 Å². The van der Waals surface area contributed by atoms with E-state index in [1.165, 1.54) is 0 Å². The minimum Gasteiger partial charge on any atom is -0.441 e. The van der Waals surface area contributed by atoms with Gasteiger partial charge >= 0.3 is 0 Å². The van der Waals surface area contributed by atoms with E-state index in [0.717, 1.165) is 37.0 Å². The summed E-state index contributed by atoms with van der Waals surface area (Å²) in [5, 5.41) is 6.09. The number of nitrogens with one attached hydrogen (secondary N) is 2. The molecule has 1 fully saturated rings. The quantitative estimate of drug-likeness (QED) is 0.901. The van der Waals surface area contributed by atoms with Crippen LogP contribution < -0.4 is 10.6 Å². The van der Waals surface area contributed by atoms with Crippen molar-refractivity contribution in [3.05, 3.63) is 24.1 Å². The van der Waals surface area contributed by atoms with Crippen molar-refractivity contribution in [1.29, 1.82) is 0 Å². The summed E-state index contributed by atoms with van der Waals surface area (Å²) in [5.41, 5.74) is 2.16. The van der Waals surface area contributed by atoms with Gasteiger partial charge in [-0.3, -0.25) is 4.79 Å². The monoisotopic (exact) mass is 325 g/mol. The van der Waals surface area contributed by atoms with Crippen LogP contribution in [0.1, 0.15) is 18.7 Å². The first-order chi connectivity index (χ1) is 10.2. The molecule has 6 nitrogen and oxygen atoms in total. The number of carbonyl (C=O) groups is 1. The third-order valence-electron chi connectivity index (χ3n) is 3.51.